The smallest absolute Gasteiger partial charge is 0.191 e. The van der Waals surface area contributed by atoms with E-state index in [4.69, 9.17) is 0 Å². The van der Waals surface area contributed by atoms with Crippen LogP contribution < -0.4 is 10.6 Å². The predicted octanol–water partition coefficient (Wildman–Crippen LogP) is 1.89. The van der Waals surface area contributed by atoms with E-state index in [0.717, 1.165) is 51.6 Å². The molecular formula is C15H29N5S. The molecule has 0 saturated carbocycles. The SMILES string of the molecule is CCNC(=NCCN(CC)CC)NCCc1ncc(C)s1. The molecule has 1 aromatic heterocycles. The molecule has 0 radical (unpaired) electrons. The summed E-state index contributed by atoms with van der Waals surface area (Å²) in [7, 11) is 0. The molecule has 6 heteroatoms. The quantitative estimate of drug-likeness (QED) is 0.540. The van der Waals surface area contributed by atoms with Crippen molar-refractivity contribution in [3.8, 4) is 0 Å². The second-order valence-corrected chi connectivity index (χ2v) is 6.15. The number of aromatic nitrogens is 1. The minimum atomic E-state index is 0.827. The number of likely N-dealkylation sites (N-methyl/N-ethyl adjacent to an activating group) is 1. The molecule has 5 nitrogen and oxygen atoms in total. The Labute approximate surface area is 132 Å². The molecular weight excluding hydrogens is 282 g/mol. The summed E-state index contributed by atoms with van der Waals surface area (Å²) >= 11 is 1.76. The third-order valence-corrected chi connectivity index (χ3v) is 4.20. The van der Waals surface area contributed by atoms with Crippen molar-refractivity contribution in [2.24, 2.45) is 4.99 Å². The Bertz CT molecular complexity index is 412. The van der Waals surface area contributed by atoms with Gasteiger partial charge in [0.2, 0.25) is 0 Å². The van der Waals surface area contributed by atoms with E-state index < -0.39 is 0 Å². The highest BCUT2D eigenvalue weighted by molar-refractivity contribution is 7.11. The number of hydrogen-bond donors (Lipinski definition) is 2. The number of nitrogens with one attached hydrogen (secondary N) is 2. The van der Waals surface area contributed by atoms with Crippen molar-refractivity contribution in [3.05, 3.63) is 16.1 Å². The average molecular weight is 311 g/mol. The van der Waals surface area contributed by atoms with Crippen LogP contribution in [0.4, 0.5) is 0 Å². The van der Waals surface area contributed by atoms with Gasteiger partial charge in [0.15, 0.2) is 5.96 Å². The second-order valence-electron chi connectivity index (χ2n) is 4.83. The van der Waals surface area contributed by atoms with E-state index in [2.05, 4.69) is 53.2 Å². The van der Waals surface area contributed by atoms with E-state index in [0.29, 0.717) is 0 Å². The highest BCUT2D eigenvalue weighted by Crippen LogP contribution is 2.10. The van der Waals surface area contributed by atoms with Gasteiger partial charge >= 0.3 is 0 Å². The van der Waals surface area contributed by atoms with Crippen molar-refractivity contribution in [1.82, 2.24) is 20.5 Å². The van der Waals surface area contributed by atoms with Crippen LogP contribution in [0.25, 0.3) is 0 Å². The molecule has 0 atom stereocenters. The summed E-state index contributed by atoms with van der Waals surface area (Å²) in [4.78, 5) is 12.6. The maximum Gasteiger partial charge on any atom is 0.191 e. The van der Waals surface area contributed by atoms with Crippen LogP contribution in [0.15, 0.2) is 11.2 Å². The van der Waals surface area contributed by atoms with Crippen LogP contribution in [-0.4, -0.2) is 55.1 Å². The Morgan fingerprint density at radius 1 is 1.29 bits per heavy atom. The fourth-order valence-electron chi connectivity index (χ4n) is 1.99. The maximum atomic E-state index is 4.62. The monoisotopic (exact) mass is 311 g/mol. The number of nitrogens with zero attached hydrogens (tertiary/aromatic N) is 3. The van der Waals surface area contributed by atoms with Gasteiger partial charge in [-0.15, -0.1) is 11.3 Å². The summed E-state index contributed by atoms with van der Waals surface area (Å²) in [5, 5.41) is 7.84. The number of rotatable bonds is 9. The molecule has 0 unspecified atom stereocenters. The first-order valence-corrected chi connectivity index (χ1v) is 8.67. The summed E-state index contributed by atoms with van der Waals surface area (Å²) in [5.74, 6) is 0.901. The first-order chi connectivity index (χ1) is 10.2. The third kappa shape index (κ3) is 7.43. The van der Waals surface area contributed by atoms with Crippen LogP contribution in [0, 0.1) is 6.92 Å². The van der Waals surface area contributed by atoms with Crippen LogP contribution in [-0.2, 0) is 6.42 Å². The highest BCUT2D eigenvalue weighted by atomic mass is 32.1. The first kappa shape index (κ1) is 17.9. The predicted molar refractivity (Wildman–Crippen MR) is 92.3 cm³/mol. The van der Waals surface area contributed by atoms with Gasteiger partial charge in [-0.3, -0.25) is 4.99 Å². The standard InChI is InChI=1S/C15H29N5S/c1-5-16-15(18-10-11-20(6-2)7-3)17-9-8-14-19-12-13(4)21-14/h12H,5-11H2,1-4H3,(H2,16,17,18). The van der Waals surface area contributed by atoms with E-state index in [9.17, 15) is 0 Å². The zero-order valence-corrected chi connectivity index (χ0v) is 14.6. The van der Waals surface area contributed by atoms with Crippen LogP contribution in [0.1, 0.15) is 30.7 Å². The van der Waals surface area contributed by atoms with Gasteiger partial charge in [0.1, 0.15) is 0 Å². The average Bonchev–Trinajstić information content (AvgIpc) is 2.89. The van der Waals surface area contributed by atoms with Gasteiger partial charge in [-0.25, -0.2) is 4.98 Å². The lowest BCUT2D eigenvalue weighted by molar-refractivity contribution is 0.313. The normalized spacial score (nSPS) is 12.0. The van der Waals surface area contributed by atoms with Gasteiger partial charge in [-0.05, 0) is 26.9 Å². The molecule has 1 heterocycles. The summed E-state index contributed by atoms with van der Waals surface area (Å²) in [5.41, 5.74) is 0. The van der Waals surface area contributed by atoms with Crippen molar-refractivity contribution in [2.75, 3.05) is 39.3 Å². The Morgan fingerprint density at radius 2 is 2.05 bits per heavy atom. The summed E-state index contributed by atoms with van der Waals surface area (Å²) in [6, 6.07) is 0. The lowest BCUT2D eigenvalue weighted by atomic mass is 10.4. The Morgan fingerprint density at radius 3 is 2.62 bits per heavy atom. The number of hydrogen-bond acceptors (Lipinski definition) is 4. The molecule has 1 rings (SSSR count). The van der Waals surface area contributed by atoms with Gasteiger partial charge < -0.3 is 15.5 Å². The Kier molecular flexibility index (Phi) is 9.01. The summed E-state index contributed by atoms with van der Waals surface area (Å²) in [6.45, 7) is 14.3. The van der Waals surface area contributed by atoms with Gasteiger partial charge in [-0.1, -0.05) is 13.8 Å². The van der Waals surface area contributed by atoms with Crippen molar-refractivity contribution in [3.63, 3.8) is 0 Å². The molecule has 0 bridgehead atoms. The fraction of sp³-hybridized carbons (Fsp3) is 0.733. The van der Waals surface area contributed by atoms with E-state index in [-0.39, 0.29) is 0 Å². The molecule has 0 saturated heterocycles. The molecule has 0 fully saturated rings. The Balaban J connectivity index is 2.34. The second kappa shape index (κ2) is 10.6. The van der Waals surface area contributed by atoms with Crippen LogP contribution in [0.3, 0.4) is 0 Å². The number of aliphatic imine (C=N–C) groups is 1. The van der Waals surface area contributed by atoms with Crippen molar-refractivity contribution in [2.45, 2.75) is 34.1 Å². The maximum absolute atomic E-state index is 4.62. The number of thiazole rings is 1. The minimum absolute atomic E-state index is 0.827. The zero-order chi connectivity index (χ0) is 15.5. The summed E-state index contributed by atoms with van der Waals surface area (Å²) in [6.07, 6.45) is 2.88. The molecule has 0 aromatic carbocycles. The number of aryl methyl sites for hydroxylation is 1. The van der Waals surface area contributed by atoms with Crippen LogP contribution in [0.5, 0.6) is 0 Å². The van der Waals surface area contributed by atoms with Gasteiger partial charge in [0.05, 0.1) is 11.6 Å². The third-order valence-electron chi connectivity index (χ3n) is 3.23. The largest absolute Gasteiger partial charge is 0.357 e. The molecule has 0 aliphatic heterocycles. The molecule has 21 heavy (non-hydrogen) atoms. The molecule has 2 N–H and O–H groups in total. The zero-order valence-electron chi connectivity index (χ0n) is 13.8. The van der Waals surface area contributed by atoms with Crippen LogP contribution in [0.2, 0.25) is 0 Å². The molecule has 0 aliphatic rings. The molecule has 0 spiro atoms. The molecule has 1 aromatic rings. The number of guanidine groups is 1. The lowest BCUT2D eigenvalue weighted by Crippen LogP contribution is -2.39. The lowest BCUT2D eigenvalue weighted by Gasteiger charge is -2.17. The molecule has 0 amide bonds. The van der Waals surface area contributed by atoms with Gasteiger partial charge in [0, 0.05) is 37.1 Å². The van der Waals surface area contributed by atoms with Gasteiger partial charge in [0.25, 0.3) is 0 Å². The van der Waals surface area contributed by atoms with Crippen molar-refractivity contribution >= 4 is 17.3 Å². The van der Waals surface area contributed by atoms with Crippen LogP contribution >= 0.6 is 11.3 Å². The fourth-order valence-corrected chi connectivity index (χ4v) is 2.78. The minimum Gasteiger partial charge on any atom is -0.357 e. The first-order valence-electron chi connectivity index (χ1n) is 7.85. The van der Waals surface area contributed by atoms with E-state index >= 15 is 0 Å². The van der Waals surface area contributed by atoms with Crippen molar-refractivity contribution in [1.29, 1.82) is 0 Å². The topological polar surface area (TPSA) is 52.6 Å². The molecule has 0 aliphatic carbocycles. The van der Waals surface area contributed by atoms with E-state index in [1.807, 2.05) is 6.20 Å². The summed E-state index contributed by atoms with van der Waals surface area (Å²) < 4.78 is 0. The van der Waals surface area contributed by atoms with Gasteiger partial charge in [-0.2, -0.15) is 0 Å². The Hall–Kier alpha value is -1.14. The van der Waals surface area contributed by atoms with E-state index in [1.165, 1.54) is 9.88 Å². The van der Waals surface area contributed by atoms with Crippen molar-refractivity contribution < 1.29 is 0 Å². The van der Waals surface area contributed by atoms with E-state index in [1.54, 1.807) is 11.3 Å². The highest BCUT2D eigenvalue weighted by Gasteiger charge is 2.02. The molecule has 120 valence electrons.